The molecule has 0 aliphatic rings. The van der Waals surface area contributed by atoms with Gasteiger partial charge in [0.15, 0.2) is 11.6 Å². The molecule has 0 saturated carbocycles. The van der Waals surface area contributed by atoms with E-state index in [9.17, 15) is 28.8 Å². The molecule has 3 atom stereocenters. The molecule has 324 valence electrons. The highest BCUT2D eigenvalue weighted by Crippen LogP contribution is 2.34. The Morgan fingerprint density at radius 2 is 0.952 bits per heavy atom. The van der Waals surface area contributed by atoms with Gasteiger partial charge in [-0.2, -0.15) is 20.5 Å². The first-order valence-electron chi connectivity index (χ1n) is 18.2. The van der Waals surface area contributed by atoms with Gasteiger partial charge >= 0.3 is 0 Å². The Labute approximate surface area is 394 Å². The van der Waals surface area contributed by atoms with E-state index in [0.29, 0.717) is 5.56 Å². The number of halogens is 7. The van der Waals surface area contributed by atoms with E-state index in [-0.39, 0.29) is 75.4 Å². The Bertz CT molecular complexity index is 2710. The summed E-state index contributed by atoms with van der Waals surface area (Å²) < 4.78 is 0. The zero-order valence-electron chi connectivity index (χ0n) is 32.8. The van der Waals surface area contributed by atoms with Gasteiger partial charge in [-0.05, 0) is 105 Å². The molecule has 0 radical (unpaired) electrons. The lowest BCUT2D eigenvalue weighted by atomic mass is 10.1. The van der Waals surface area contributed by atoms with E-state index in [4.69, 9.17) is 81.2 Å². The fraction of sp³-hybridized carbons (Fsp3) is 0.143. The fourth-order valence-electron chi connectivity index (χ4n) is 5.42. The van der Waals surface area contributed by atoms with Crippen molar-refractivity contribution in [2.24, 2.45) is 20.5 Å². The van der Waals surface area contributed by atoms with Gasteiger partial charge in [0, 0.05) is 22.5 Å². The van der Waals surface area contributed by atoms with E-state index in [0.717, 1.165) is 13.8 Å². The Hall–Kier alpha value is -5.45. The van der Waals surface area contributed by atoms with E-state index in [1.807, 2.05) is 0 Å². The minimum atomic E-state index is -1.66. The minimum absolute atomic E-state index is 0.0120. The average molecular weight is 992 g/mol. The molecule has 0 saturated heterocycles. The molecule has 5 aromatic rings. The SMILES string of the molecule is CC(=O)C(N=Nc1cc(C(=O)Nc2cccc(Cl)c2Cl)ccc1Cl)C(=O)Nc1ccc(NC(=O)C(N=Nc2cc(C(=O)Nc3cccc(Cl)c3Cl)ccc2Cl)C(C)=O)c(C(C)Cl)c1. The van der Waals surface area contributed by atoms with Gasteiger partial charge < -0.3 is 21.3 Å². The number of azo groups is 2. The first-order chi connectivity index (χ1) is 29.8. The number of rotatable bonds is 15. The van der Waals surface area contributed by atoms with Crippen molar-refractivity contribution in [1.82, 2.24) is 0 Å². The molecular weight excluding hydrogens is 961 g/mol. The van der Waals surface area contributed by atoms with Crippen LogP contribution in [0.15, 0.2) is 111 Å². The topological polar surface area (TPSA) is 200 Å². The number of carbonyl (C=O) groups is 6. The molecule has 5 rings (SSSR count). The van der Waals surface area contributed by atoms with Gasteiger partial charge in [0.1, 0.15) is 11.4 Å². The van der Waals surface area contributed by atoms with Crippen molar-refractivity contribution in [1.29, 1.82) is 0 Å². The summed E-state index contributed by atoms with van der Waals surface area (Å²) in [6, 6.07) is 18.7. The molecule has 0 bridgehead atoms. The van der Waals surface area contributed by atoms with Gasteiger partial charge in [-0.25, -0.2) is 0 Å². The van der Waals surface area contributed by atoms with Crippen LogP contribution >= 0.6 is 81.2 Å². The van der Waals surface area contributed by atoms with Crippen molar-refractivity contribution in [3.63, 3.8) is 0 Å². The van der Waals surface area contributed by atoms with Gasteiger partial charge in [0.05, 0.1) is 46.9 Å². The minimum Gasteiger partial charge on any atom is -0.324 e. The molecule has 14 nitrogen and oxygen atoms in total. The number of amides is 4. The molecule has 4 amide bonds. The largest absolute Gasteiger partial charge is 0.324 e. The summed E-state index contributed by atoms with van der Waals surface area (Å²) in [5.74, 6) is -4.25. The third-order valence-electron chi connectivity index (χ3n) is 8.65. The molecule has 63 heavy (non-hydrogen) atoms. The Kier molecular flexibility index (Phi) is 16.8. The number of benzene rings is 5. The summed E-state index contributed by atoms with van der Waals surface area (Å²) in [6.07, 6.45) is 0. The van der Waals surface area contributed by atoms with Crippen molar-refractivity contribution >= 4 is 151 Å². The smallest absolute Gasteiger partial charge is 0.258 e. The van der Waals surface area contributed by atoms with E-state index < -0.39 is 52.7 Å². The van der Waals surface area contributed by atoms with Crippen molar-refractivity contribution < 1.29 is 28.8 Å². The highest BCUT2D eigenvalue weighted by atomic mass is 35.5. The number of hydrogen-bond acceptors (Lipinski definition) is 10. The van der Waals surface area contributed by atoms with Crippen LogP contribution in [-0.2, 0) is 19.2 Å². The first kappa shape index (κ1) is 48.6. The predicted octanol–water partition coefficient (Wildman–Crippen LogP) is 12.8. The van der Waals surface area contributed by atoms with Crippen LogP contribution in [-0.4, -0.2) is 47.3 Å². The second-order valence-corrected chi connectivity index (χ2v) is 16.3. The maximum Gasteiger partial charge on any atom is 0.258 e. The van der Waals surface area contributed by atoms with Crippen LogP contribution in [0.3, 0.4) is 0 Å². The summed E-state index contributed by atoms with van der Waals surface area (Å²) in [5.41, 5.74) is 1.36. The van der Waals surface area contributed by atoms with Crippen LogP contribution in [0.1, 0.15) is 52.4 Å². The molecule has 0 aliphatic heterocycles. The molecule has 4 N–H and O–H groups in total. The number of hydrogen-bond donors (Lipinski definition) is 4. The quantitative estimate of drug-likeness (QED) is 0.0457. The molecule has 0 fully saturated rings. The van der Waals surface area contributed by atoms with Gasteiger partial charge in [-0.15, -0.1) is 11.6 Å². The second kappa shape index (κ2) is 21.8. The molecular formula is C42H31Cl7N8O6. The predicted molar refractivity (Wildman–Crippen MR) is 248 cm³/mol. The van der Waals surface area contributed by atoms with Crippen molar-refractivity contribution in [2.45, 2.75) is 38.2 Å². The van der Waals surface area contributed by atoms with Gasteiger partial charge in [-0.3, -0.25) is 28.8 Å². The number of ketones is 2. The summed E-state index contributed by atoms with van der Waals surface area (Å²) in [7, 11) is 0. The zero-order valence-corrected chi connectivity index (χ0v) is 38.1. The molecule has 0 spiro atoms. The van der Waals surface area contributed by atoms with E-state index >= 15 is 0 Å². The Morgan fingerprint density at radius 3 is 1.38 bits per heavy atom. The lowest BCUT2D eigenvalue weighted by Crippen LogP contribution is -2.32. The maximum absolute atomic E-state index is 13.5. The molecule has 0 heterocycles. The molecule has 0 aromatic heterocycles. The third kappa shape index (κ3) is 12.6. The van der Waals surface area contributed by atoms with Crippen molar-refractivity contribution in [3.05, 3.63) is 138 Å². The molecule has 0 aliphatic carbocycles. The third-order valence-corrected chi connectivity index (χ3v) is 11.2. The maximum atomic E-state index is 13.5. The van der Waals surface area contributed by atoms with Crippen LogP contribution in [0.4, 0.5) is 34.1 Å². The van der Waals surface area contributed by atoms with Crippen molar-refractivity contribution in [3.8, 4) is 0 Å². The van der Waals surface area contributed by atoms with Crippen LogP contribution < -0.4 is 21.3 Å². The van der Waals surface area contributed by atoms with Crippen LogP contribution in [0.25, 0.3) is 0 Å². The molecule has 21 heteroatoms. The van der Waals surface area contributed by atoms with Gasteiger partial charge in [0.2, 0.25) is 12.1 Å². The number of anilines is 4. The fourth-order valence-corrected chi connectivity index (χ4v) is 6.61. The summed E-state index contributed by atoms with van der Waals surface area (Å²) >= 11 is 43.6. The number of nitrogens with one attached hydrogen (secondary N) is 4. The average Bonchev–Trinajstić information content (AvgIpc) is 3.22. The molecule has 3 unspecified atom stereocenters. The van der Waals surface area contributed by atoms with Crippen LogP contribution in [0, 0.1) is 0 Å². The Morgan fingerprint density at radius 1 is 0.508 bits per heavy atom. The number of Topliss-reactive ketones (excluding diaryl/α,β-unsaturated/α-hetero) is 2. The molecule has 5 aromatic carbocycles. The van der Waals surface area contributed by atoms with E-state index in [1.165, 1.54) is 54.6 Å². The monoisotopic (exact) mass is 988 g/mol. The zero-order chi connectivity index (χ0) is 46.1. The number of alkyl halides is 1. The van der Waals surface area contributed by atoms with Crippen LogP contribution in [0.5, 0.6) is 0 Å². The normalized spacial score (nSPS) is 12.7. The summed E-state index contributed by atoms with van der Waals surface area (Å²) in [6.45, 7) is 3.87. The summed E-state index contributed by atoms with van der Waals surface area (Å²) in [4.78, 5) is 78.0. The van der Waals surface area contributed by atoms with Crippen LogP contribution in [0.2, 0.25) is 30.1 Å². The number of carbonyl (C=O) groups excluding carboxylic acids is 6. The van der Waals surface area contributed by atoms with E-state index in [2.05, 4.69) is 41.7 Å². The highest BCUT2D eigenvalue weighted by molar-refractivity contribution is 6.44. The van der Waals surface area contributed by atoms with Gasteiger partial charge in [-0.1, -0.05) is 81.7 Å². The second-order valence-electron chi connectivity index (χ2n) is 13.3. The Balaban J connectivity index is 1.29. The van der Waals surface area contributed by atoms with Gasteiger partial charge in [0.25, 0.3) is 23.6 Å². The van der Waals surface area contributed by atoms with E-state index in [1.54, 1.807) is 43.3 Å². The lowest BCUT2D eigenvalue weighted by molar-refractivity contribution is -0.127. The highest BCUT2D eigenvalue weighted by Gasteiger charge is 2.27. The lowest BCUT2D eigenvalue weighted by Gasteiger charge is -2.17. The number of nitrogens with zero attached hydrogens (tertiary/aromatic N) is 4. The standard InChI is InChI=1S/C42H31Cl7N8O6/c1-19(43)25-18-24(50-41(62)37(20(2)58)56-54-33-16-22(10-13-26(33)44)39(60)52-31-8-4-6-28(46)35(31)48)12-15-30(25)51-42(63)38(21(3)59)57-55-34-17-23(11-14-27(34)45)40(61)53-32-9-5-7-29(47)36(32)49/h4-19,37-38H,1-3H3,(H,50,62)(H,51,63)(H,52,60)(H,53,61). The first-order valence-corrected chi connectivity index (χ1v) is 20.9. The van der Waals surface area contributed by atoms with Crippen molar-refractivity contribution in [2.75, 3.05) is 21.3 Å². The summed E-state index contributed by atoms with van der Waals surface area (Å²) in [5, 5.41) is 26.5.